The molecule has 0 fully saturated rings. The molecule has 0 aliphatic carbocycles. The highest BCUT2D eigenvalue weighted by molar-refractivity contribution is 14.1. The summed E-state index contributed by atoms with van der Waals surface area (Å²) in [6.45, 7) is 4.02. The van der Waals surface area contributed by atoms with Crippen molar-refractivity contribution in [3.05, 3.63) is 68.3 Å². The van der Waals surface area contributed by atoms with Gasteiger partial charge in [-0.3, -0.25) is 4.79 Å². The standard InChI is InChI=1S/C15H13IO/c1-10-5-3-7-12(9-10)15(17)13-8-4-6-11(2)14(13)16/h3-9H,1-2H3. The molecular formula is C15H13IO. The predicted octanol–water partition coefficient (Wildman–Crippen LogP) is 4.14. The van der Waals surface area contributed by atoms with Crippen LogP contribution in [0.3, 0.4) is 0 Å². The van der Waals surface area contributed by atoms with Crippen LogP contribution in [0.1, 0.15) is 27.0 Å². The maximum atomic E-state index is 12.4. The second kappa shape index (κ2) is 5.00. The van der Waals surface area contributed by atoms with E-state index in [0.29, 0.717) is 0 Å². The maximum Gasteiger partial charge on any atom is 0.194 e. The Hall–Kier alpha value is -1.16. The van der Waals surface area contributed by atoms with Crippen molar-refractivity contribution < 1.29 is 4.79 Å². The second-order valence-corrected chi connectivity index (χ2v) is 5.21. The van der Waals surface area contributed by atoms with Gasteiger partial charge in [0.05, 0.1) is 0 Å². The van der Waals surface area contributed by atoms with Crippen molar-refractivity contribution in [1.29, 1.82) is 0 Å². The summed E-state index contributed by atoms with van der Waals surface area (Å²) in [5.41, 5.74) is 3.80. The van der Waals surface area contributed by atoms with Gasteiger partial charge in [0.25, 0.3) is 0 Å². The van der Waals surface area contributed by atoms with Crippen molar-refractivity contribution in [2.24, 2.45) is 0 Å². The number of aryl methyl sites for hydroxylation is 2. The van der Waals surface area contributed by atoms with Gasteiger partial charge in [-0.1, -0.05) is 35.9 Å². The molecule has 0 radical (unpaired) electrons. The molecule has 17 heavy (non-hydrogen) atoms. The fourth-order valence-electron chi connectivity index (χ4n) is 1.76. The Bertz CT molecular complexity index is 573. The molecular weight excluding hydrogens is 323 g/mol. The zero-order chi connectivity index (χ0) is 12.4. The smallest absolute Gasteiger partial charge is 0.194 e. The van der Waals surface area contributed by atoms with Crippen molar-refractivity contribution in [3.8, 4) is 0 Å². The third kappa shape index (κ3) is 2.57. The van der Waals surface area contributed by atoms with Crippen LogP contribution in [0.2, 0.25) is 0 Å². The highest BCUT2D eigenvalue weighted by Gasteiger charge is 2.13. The van der Waals surface area contributed by atoms with E-state index in [4.69, 9.17) is 0 Å². The average Bonchev–Trinajstić information content (AvgIpc) is 2.32. The lowest BCUT2D eigenvalue weighted by molar-refractivity contribution is 0.103. The molecule has 0 atom stereocenters. The average molecular weight is 336 g/mol. The van der Waals surface area contributed by atoms with Gasteiger partial charge < -0.3 is 0 Å². The van der Waals surface area contributed by atoms with Crippen LogP contribution in [-0.4, -0.2) is 5.78 Å². The minimum atomic E-state index is 0.0989. The molecule has 2 aromatic rings. The monoisotopic (exact) mass is 336 g/mol. The molecule has 0 aliphatic rings. The van der Waals surface area contributed by atoms with Gasteiger partial charge in [0, 0.05) is 14.7 Å². The lowest BCUT2D eigenvalue weighted by Gasteiger charge is -2.06. The predicted molar refractivity (Wildman–Crippen MR) is 78.5 cm³/mol. The van der Waals surface area contributed by atoms with Crippen LogP contribution in [0.5, 0.6) is 0 Å². The summed E-state index contributed by atoms with van der Waals surface area (Å²) in [7, 11) is 0. The molecule has 0 N–H and O–H groups in total. The number of benzene rings is 2. The van der Waals surface area contributed by atoms with Crippen LogP contribution in [0.15, 0.2) is 42.5 Å². The molecule has 2 rings (SSSR count). The Morgan fingerprint density at radius 1 is 1.06 bits per heavy atom. The Balaban J connectivity index is 2.48. The quantitative estimate of drug-likeness (QED) is 0.595. The van der Waals surface area contributed by atoms with E-state index in [1.54, 1.807) is 0 Å². The van der Waals surface area contributed by atoms with E-state index in [-0.39, 0.29) is 5.78 Å². The van der Waals surface area contributed by atoms with Gasteiger partial charge in [-0.15, -0.1) is 0 Å². The number of hydrogen-bond acceptors (Lipinski definition) is 1. The van der Waals surface area contributed by atoms with E-state index in [0.717, 1.165) is 25.8 Å². The fraction of sp³-hybridized carbons (Fsp3) is 0.133. The van der Waals surface area contributed by atoms with Crippen LogP contribution in [0.4, 0.5) is 0 Å². The van der Waals surface area contributed by atoms with Gasteiger partial charge >= 0.3 is 0 Å². The van der Waals surface area contributed by atoms with Crippen LogP contribution < -0.4 is 0 Å². The van der Waals surface area contributed by atoms with E-state index in [1.807, 2.05) is 56.3 Å². The lowest BCUT2D eigenvalue weighted by atomic mass is 10.0. The second-order valence-electron chi connectivity index (χ2n) is 4.14. The van der Waals surface area contributed by atoms with E-state index < -0.39 is 0 Å². The first kappa shape index (κ1) is 12.3. The van der Waals surface area contributed by atoms with Crippen LogP contribution in [0.25, 0.3) is 0 Å². The zero-order valence-electron chi connectivity index (χ0n) is 9.83. The lowest BCUT2D eigenvalue weighted by Crippen LogP contribution is -2.04. The summed E-state index contributed by atoms with van der Waals surface area (Å²) >= 11 is 2.23. The molecule has 0 bridgehead atoms. The molecule has 0 aromatic heterocycles. The van der Waals surface area contributed by atoms with E-state index in [9.17, 15) is 4.79 Å². The van der Waals surface area contributed by atoms with E-state index in [2.05, 4.69) is 22.6 Å². The number of carbonyl (C=O) groups excluding carboxylic acids is 1. The van der Waals surface area contributed by atoms with Gasteiger partial charge in [-0.25, -0.2) is 0 Å². The number of rotatable bonds is 2. The van der Waals surface area contributed by atoms with Crippen LogP contribution >= 0.6 is 22.6 Å². The summed E-state index contributed by atoms with van der Waals surface area (Å²) in [5, 5.41) is 0. The summed E-state index contributed by atoms with van der Waals surface area (Å²) in [5.74, 6) is 0.0989. The summed E-state index contributed by atoms with van der Waals surface area (Å²) in [6.07, 6.45) is 0. The maximum absolute atomic E-state index is 12.4. The molecule has 1 nitrogen and oxygen atoms in total. The normalized spacial score (nSPS) is 10.3. The van der Waals surface area contributed by atoms with Crippen molar-refractivity contribution in [1.82, 2.24) is 0 Å². The first-order valence-electron chi connectivity index (χ1n) is 5.46. The first-order chi connectivity index (χ1) is 8.09. The third-order valence-corrected chi connectivity index (χ3v) is 4.15. The van der Waals surface area contributed by atoms with Gasteiger partial charge in [-0.05, 0) is 54.1 Å². The zero-order valence-corrected chi connectivity index (χ0v) is 12.0. The minimum Gasteiger partial charge on any atom is -0.289 e. The number of ketones is 1. The van der Waals surface area contributed by atoms with Crippen molar-refractivity contribution in [3.63, 3.8) is 0 Å². The Morgan fingerprint density at radius 2 is 1.76 bits per heavy atom. The number of halogens is 1. The highest BCUT2D eigenvalue weighted by atomic mass is 127. The van der Waals surface area contributed by atoms with E-state index >= 15 is 0 Å². The molecule has 0 unspecified atom stereocenters. The number of hydrogen-bond donors (Lipinski definition) is 0. The minimum absolute atomic E-state index is 0.0989. The highest BCUT2D eigenvalue weighted by Crippen LogP contribution is 2.20. The Labute approximate surface area is 115 Å². The molecule has 0 saturated heterocycles. The van der Waals surface area contributed by atoms with Crippen molar-refractivity contribution >= 4 is 28.4 Å². The van der Waals surface area contributed by atoms with Crippen LogP contribution in [-0.2, 0) is 0 Å². The molecule has 0 aliphatic heterocycles. The summed E-state index contributed by atoms with van der Waals surface area (Å²) in [4.78, 5) is 12.4. The Morgan fingerprint density at radius 3 is 2.47 bits per heavy atom. The summed E-state index contributed by atoms with van der Waals surface area (Å²) in [6, 6.07) is 13.6. The SMILES string of the molecule is Cc1cccc(C(=O)c2cccc(C)c2I)c1. The molecule has 0 spiro atoms. The largest absolute Gasteiger partial charge is 0.289 e. The van der Waals surface area contributed by atoms with Crippen LogP contribution in [0, 0.1) is 17.4 Å². The first-order valence-corrected chi connectivity index (χ1v) is 6.54. The Kier molecular flexibility index (Phi) is 3.62. The van der Waals surface area contributed by atoms with Gasteiger partial charge in [0.1, 0.15) is 0 Å². The van der Waals surface area contributed by atoms with Gasteiger partial charge in [-0.2, -0.15) is 0 Å². The molecule has 2 aromatic carbocycles. The third-order valence-electron chi connectivity index (χ3n) is 2.72. The van der Waals surface area contributed by atoms with Crippen molar-refractivity contribution in [2.75, 3.05) is 0 Å². The van der Waals surface area contributed by atoms with Gasteiger partial charge in [0.2, 0.25) is 0 Å². The topological polar surface area (TPSA) is 17.1 Å². The van der Waals surface area contributed by atoms with Gasteiger partial charge in [0.15, 0.2) is 5.78 Å². The summed E-state index contributed by atoms with van der Waals surface area (Å²) < 4.78 is 1.04. The number of carbonyl (C=O) groups is 1. The molecule has 0 saturated carbocycles. The molecule has 0 heterocycles. The van der Waals surface area contributed by atoms with Crippen molar-refractivity contribution in [2.45, 2.75) is 13.8 Å². The fourth-order valence-corrected chi connectivity index (χ4v) is 2.37. The van der Waals surface area contributed by atoms with E-state index in [1.165, 1.54) is 0 Å². The molecule has 86 valence electrons. The molecule has 2 heteroatoms. The molecule has 0 amide bonds.